The number of fused-ring (bicyclic) bond motifs is 1. The van der Waals surface area contributed by atoms with Crippen LogP contribution in [0.4, 0.5) is 5.69 Å². The van der Waals surface area contributed by atoms with Crippen molar-refractivity contribution in [3.05, 3.63) is 65.3 Å². The van der Waals surface area contributed by atoms with Gasteiger partial charge in [0.2, 0.25) is 10.0 Å². The zero-order valence-electron chi connectivity index (χ0n) is 11.0. The molecular weight excluding hydrogens is 308 g/mol. The molecule has 3 aromatic rings. The van der Waals surface area contributed by atoms with E-state index in [-0.39, 0.29) is 5.75 Å². The number of aromatic amines is 1. The van der Waals surface area contributed by atoms with Crippen LogP contribution in [0.1, 0.15) is 5.56 Å². The van der Waals surface area contributed by atoms with Crippen LogP contribution in [0.3, 0.4) is 0 Å². The van der Waals surface area contributed by atoms with Crippen LogP contribution in [0.25, 0.3) is 10.9 Å². The Balaban J connectivity index is 1.84. The third kappa shape index (κ3) is 3.20. The largest absolute Gasteiger partial charge is 0.361 e. The second kappa shape index (κ2) is 5.42. The normalized spacial score (nSPS) is 11.7. The maximum Gasteiger partial charge on any atom is 0.236 e. The van der Waals surface area contributed by atoms with E-state index in [0.717, 1.165) is 10.9 Å². The number of halogens is 1. The molecular formula is C15H13ClN2O2S. The maximum atomic E-state index is 12.2. The van der Waals surface area contributed by atoms with Gasteiger partial charge in [0.05, 0.1) is 5.75 Å². The van der Waals surface area contributed by atoms with Crippen LogP contribution in [-0.2, 0) is 15.8 Å². The first-order valence-electron chi connectivity index (χ1n) is 6.34. The van der Waals surface area contributed by atoms with Crippen molar-refractivity contribution < 1.29 is 8.42 Å². The lowest BCUT2D eigenvalue weighted by molar-refractivity contribution is 0.600. The van der Waals surface area contributed by atoms with Crippen molar-refractivity contribution in [1.82, 2.24) is 4.98 Å². The SMILES string of the molecule is O=S(=O)(Cc1ccccc1Cl)Nc1ccc2[nH]ccc2c1. The number of rotatable bonds is 4. The molecule has 0 bridgehead atoms. The van der Waals surface area contributed by atoms with E-state index in [4.69, 9.17) is 11.6 Å². The molecule has 108 valence electrons. The lowest BCUT2D eigenvalue weighted by Crippen LogP contribution is -2.15. The molecule has 1 heterocycles. The molecule has 6 heteroatoms. The van der Waals surface area contributed by atoms with Gasteiger partial charge in [-0.15, -0.1) is 0 Å². The molecule has 4 nitrogen and oxygen atoms in total. The van der Waals surface area contributed by atoms with Gasteiger partial charge >= 0.3 is 0 Å². The Labute approximate surface area is 127 Å². The highest BCUT2D eigenvalue weighted by Gasteiger charge is 2.14. The molecule has 0 saturated heterocycles. The van der Waals surface area contributed by atoms with Crippen molar-refractivity contribution in [3.63, 3.8) is 0 Å². The molecule has 1 aromatic heterocycles. The predicted octanol–water partition coefficient (Wildman–Crippen LogP) is 3.76. The van der Waals surface area contributed by atoms with Gasteiger partial charge in [-0.1, -0.05) is 29.8 Å². The second-order valence-corrected chi connectivity index (χ2v) is 6.86. The molecule has 3 rings (SSSR count). The minimum Gasteiger partial charge on any atom is -0.361 e. The van der Waals surface area contributed by atoms with Crippen LogP contribution in [0.2, 0.25) is 5.02 Å². The van der Waals surface area contributed by atoms with Crippen LogP contribution in [0.5, 0.6) is 0 Å². The number of nitrogens with one attached hydrogen (secondary N) is 2. The number of anilines is 1. The number of H-pyrrole nitrogens is 1. The third-order valence-electron chi connectivity index (χ3n) is 3.13. The van der Waals surface area contributed by atoms with Gasteiger partial charge in [0.25, 0.3) is 0 Å². The molecule has 0 spiro atoms. The van der Waals surface area contributed by atoms with Crippen LogP contribution in [0.15, 0.2) is 54.7 Å². The minimum atomic E-state index is -3.51. The van der Waals surface area contributed by atoms with Crippen molar-refractivity contribution in [2.75, 3.05) is 4.72 Å². The van der Waals surface area contributed by atoms with Crippen molar-refractivity contribution in [2.24, 2.45) is 0 Å². The third-order valence-corrected chi connectivity index (χ3v) is 4.74. The first-order valence-corrected chi connectivity index (χ1v) is 8.37. The van der Waals surface area contributed by atoms with Crippen molar-refractivity contribution in [2.45, 2.75) is 5.75 Å². The summed E-state index contributed by atoms with van der Waals surface area (Å²) in [6, 6.07) is 14.2. The summed E-state index contributed by atoms with van der Waals surface area (Å²) in [6.45, 7) is 0. The number of aromatic nitrogens is 1. The zero-order valence-corrected chi connectivity index (χ0v) is 12.6. The lowest BCUT2D eigenvalue weighted by atomic mass is 10.2. The maximum absolute atomic E-state index is 12.2. The second-order valence-electron chi connectivity index (χ2n) is 4.73. The summed E-state index contributed by atoms with van der Waals surface area (Å²) in [5, 5.41) is 1.40. The fourth-order valence-electron chi connectivity index (χ4n) is 2.15. The van der Waals surface area contributed by atoms with Gasteiger partial charge in [0, 0.05) is 27.8 Å². The summed E-state index contributed by atoms with van der Waals surface area (Å²) in [7, 11) is -3.51. The van der Waals surface area contributed by atoms with Gasteiger partial charge in [-0.2, -0.15) is 0 Å². The Kier molecular flexibility index (Phi) is 3.61. The highest BCUT2D eigenvalue weighted by molar-refractivity contribution is 7.91. The molecule has 0 radical (unpaired) electrons. The van der Waals surface area contributed by atoms with Gasteiger partial charge < -0.3 is 4.98 Å². The van der Waals surface area contributed by atoms with Gasteiger partial charge in [-0.3, -0.25) is 4.72 Å². The Bertz CT molecular complexity index is 887. The molecule has 2 N–H and O–H groups in total. The van der Waals surface area contributed by atoms with E-state index in [1.165, 1.54) is 0 Å². The van der Waals surface area contributed by atoms with E-state index in [0.29, 0.717) is 16.3 Å². The fraction of sp³-hybridized carbons (Fsp3) is 0.0667. The summed E-state index contributed by atoms with van der Waals surface area (Å²) in [5.74, 6) is -0.155. The number of hydrogen-bond acceptors (Lipinski definition) is 2. The predicted molar refractivity (Wildman–Crippen MR) is 86.0 cm³/mol. The van der Waals surface area contributed by atoms with Gasteiger partial charge in [-0.05, 0) is 35.9 Å². The van der Waals surface area contributed by atoms with E-state index in [1.54, 1.807) is 36.4 Å². The van der Waals surface area contributed by atoms with E-state index < -0.39 is 10.0 Å². The van der Waals surface area contributed by atoms with Gasteiger partial charge in [0.15, 0.2) is 0 Å². The van der Waals surface area contributed by atoms with E-state index in [2.05, 4.69) is 9.71 Å². The Morgan fingerprint density at radius 2 is 1.90 bits per heavy atom. The van der Waals surface area contributed by atoms with Crippen molar-refractivity contribution in [1.29, 1.82) is 0 Å². The first-order chi connectivity index (χ1) is 10.0. The van der Waals surface area contributed by atoms with Gasteiger partial charge in [-0.25, -0.2) is 8.42 Å². The Morgan fingerprint density at radius 1 is 1.10 bits per heavy atom. The summed E-state index contributed by atoms with van der Waals surface area (Å²) >= 11 is 6.00. The van der Waals surface area contributed by atoms with Crippen LogP contribution >= 0.6 is 11.6 Å². The smallest absolute Gasteiger partial charge is 0.236 e. The molecule has 21 heavy (non-hydrogen) atoms. The average molecular weight is 321 g/mol. The molecule has 0 saturated carbocycles. The quantitative estimate of drug-likeness (QED) is 0.768. The highest BCUT2D eigenvalue weighted by Crippen LogP contribution is 2.21. The number of benzene rings is 2. The van der Waals surface area contributed by atoms with Gasteiger partial charge in [0.1, 0.15) is 0 Å². The summed E-state index contributed by atoms with van der Waals surface area (Å²) < 4.78 is 27.0. The number of hydrogen-bond donors (Lipinski definition) is 2. The molecule has 0 aliphatic carbocycles. The van der Waals surface area contributed by atoms with E-state index in [1.807, 2.05) is 18.3 Å². The molecule has 0 unspecified atom stereocenters. The topological polar surface area (TPSA) is 62.0 Å². The molecule has 0 fully saturated rings. The highest BCUT2D eigenvalue weighted by atomic mass is 35.5. The fourth-order valence-corrected chi connectivity index (χ4v) is 3.65. The van der Waals surface area contributed by atoms with Crippen LogP contribution < -0.4 is 4.72 Å². The Morgan fingerprint density at radius 3 is 2.71 bits per heavy atom. The average Bonchev–Trinajstić information content (AvgIpc) is 2.88. The summed E-state index contributed by atoms with van der Waals surface area (Å²) in [4.78, 5) is 3.06. The monoisotopic (exact) mass is 320 g/mol. The molecule has 0 aliphatic heterocycles. The molecule has 2 aromatic carbocycles. The van der Waals surface area contributed by atoms with Crippen LogP contribution in [-0.4, -0.2) is 13.4 Å². The number of sulfonamides is 1. The molecule has 0 amide bonds. The standard InChI is InChI=1S/C15H13ClN2O2S/c16-14-4-2-1-3-12(14)10-21(19,20)18-13-5-6-15-11(9-13)7-8-17-15/h1-9,17-18H,10H2. The van der Waals surface area contributed by atoms with Crippen molar-refractivity contribution >= 4 is 38.2 Å². The zero-order chi connectivity index (χ0) is 14.9. The Hall–Kier alpha value is -1.98. The lowest BCUT2D eigenvalue weighted by Gasteiger charge is -2.09. The minimum absolute atomic E-state index is 0.155. The molecule has 0 aliphatic rings. The summed E-state index contributed by atoms with van der Waals surface area (Å²) in [6.07, 6.45) is 1.81. The van der Waals surface area contributed by atoms with E-state index >= 15 is 0 Å². The van der Waals surface area contributed by atoms with Crippen LogP contribution in [0, 0.1) is 0 Å². The first kappa shape index (κ1) is 14.0. The van der Waals surface area contributed by atoms with Crippen molar-refractivity contribution in [3.8, 4) is 0 Å². The van der Waals surface area contributed by atoms with E-state index in [9.17, 15) is 8.42 Å². The molecule has 0 atom stereocenters. The summed E-state index contributed by atoms with van der Waals surface area (Å²) in [5.41, 5.74) is 2.08.